The van der Waals surface area contributed by atoms with Crippen molar-refractivity contribution in [3.05, 3.63) is 59.2 Å². The van der Waals surface area contributed by atoms with E-state index in [9.17, 15) is 4.79 Å². The van der Waals surface area contributed by atoms with Crippen molar-refractivity contribution in [3.63, 3.8) is 0 Å². The average Bonchev–Trinajstić information content (AvgIpc) is 2.74. The van der Waals surface area contributed by atoms with E-state index in [-0.39, 0.29) is 11.6 Å². The minimum atomic E-state index is -0.303. The standard InChI is InChI=1S/C16H14N2O2/c1-10-6-5-9-13(11(10)2)18-14-8-4-3-7-12(14)15(17-20)16(18)19/h3-9,20H,1-2H3. The molecule has 20 heavy (non-hydrogen) atoms. The second-order valence-corrected chi connectivity index (χ2v) is 4.83. The number of nitrogens with zero attached hydrogens (tertiary/aromatic N) is 2. The Morgan fingerprint density at radius 3 is 2.45 bits per heavy atom. The van der Waals surface area contributed by atoms with Crippen molar-refractivity contribution in [2.45, 2.75) is 13.8 Å². The lowest BCUT2D eigenvalue weighted by Gasteiger charge is -2.20. The third-order valence-electron chi connectivity index (χ3n) is 3.72. The van der Waals surface area contributed by atoms with E-state index in [2.05, 4.69) is 5.16 Å². The van der Waals surface area contributed by atoms with Gasteiger partial charge in [0.25, 0.3) is 5.91 Å². The van der Waals surface area contributed by atoms with Crippen molar-refractivity contribution in [1.82, 2.24) is 0 Å². The number of benzene rings is 2. The van der Waals surface area contributed by atoms with Gasteiger partial charge in [0, 0.05) is 5.56 Å². The maximum absolute atomic E-state index is 12.5. The van der Waals surface area contributed by atoms with Gasteiger partial charge in [0.1, 0.15) is 0 Å². The molecule has 0 aliphatic carbocycles. The van der Waals surface area contributed by atoms with Gasteiger partial charge in [-0.25, -0.2) is 0 Å². The van der Waals surface area contributed by atoms with E-state index in [0.29, 0.717) is 5.56 Å². The molecule has 1 aliphatic rings. The van der Waals surface area contributed by atoms with Crippen LogP contribution in [-0.4, -0.2) is 16.8 Å². The molecule has 1 aliphatic heterocycles. The Morgan fingerprint density at radius 1 is 1.00 bits per heavy atom. The molecule has 2 aromatic carbocycles. The minimum absolute atomic E-state index is 0.0847. The zero-order chi connectivity index (χ0) is 14.3. The second-order valence-electron chi connectivity index (χ2n) is 4.83. The molecular weight excluding hydrogens is 252 g/mol. The normalized spacial score (nSPS) is 15.8. The lowest BCUT2D eigenvalue weighted by atomic mass is 10.1. The predicted octanol–water partition coefficient (Wildman–Crippen LogP) is 3.16. The van der Waals surface area contributed by atoms with Gasteiger partial charge in [0.15, 0.2) is 5.71 Å². The van der Waals surface area contributed by atoms with Crippen LogP contribution in [-0.2, 0) is 4.79 Å². The molecule has 0 aromatic heterocycles. The monoisotopic (exact) mass is 266 g/mol. The van der Waals surface area contributed by atoms with Gasteiger partial charge in [-0.1, -0.05) is 35.5 Å². The summed E-state index contributed by atoms with van der Waals surface area (Å²) in [4.78, 5) is 14.1. The van der Waals surface area contributed by atoms with Gasteiger partial charge in [0.2, 0.25) is 0 Å². The topological polar surface area (TPSA) is 52.9 Å². The molecule has 2 aromatic rings. The molecule has 0 fully saturated rings. The van der Waals surface area contributed by atoms with Crippen LogP contribution in [0, 0.1) is 13.8 Å². The molecule has 4 heteroatoms. The summed E-state index contributed by atoms with van der Waals surface area (Å²) in [5.41, 5.74) is 4.46. The first-order chi connectivity index (χ1) is 9.65. The second kappa shape index (κ2) is 4.49. The summed E-state index contributed by atoms with van der Waals surface area (Å²) in [5, 5.41) is 12.3. The molecule has 3 rings (SSSR count). The molecule has 0 saturated carbocycles. The van der Waals surface area contributed by atoms with Gasteiger partial charge in [-0.15, -0.1) is 0 Å². The molecule has 1 heterocycles. The summed E-state index contributed by atoms with van der Waals surface area (Å²) in [6.45, 7) is 3.99. The molecule has 0 atom stereocenters. The highest BCUT2D eigenvalue weighted by atomic mass is 16.4. The van der Waals surface area contributed by atoms with Gasteiger partial charge >= 0.3 is 0 Å². The van der Waals surface area contributed by atoms with Crippen LogP contribution < -0.4 is 4.90 Å². The molecule has 4 nitrogen and oxygen atoms in total. The largest absolute Gasteiger partial charge is 0.410 e. The lowest BCUT2D eigenvalue weighted by Crippen LogP contribution is -2.26. The van der Waals surface area contributed by atoms with Crippen LogP contribution in [0.25, 0.3) is 0 Å². The number of anilines is 2. The highest BCUT2D eigenvalue weighted by molar-refractivity contribution is 6.55. The number of carbonyl (C=O) groups excluding carboxylic acids is 1. The van der Waals surface area contributed by atoms with Crippen molar-refractivity contribution < 1.29 is 10.0 Å². The fourth-order valence-corrected chi connectivity index (χ4v) is 2.51. The van der Waals surface area contributed by atoms with Gasteiger partial charge in [-0.2, -0.15) is 0 Å². The number of aryl methyl sites for hydroxylation is 1. The lowest BCUT2D eigenvalue weighted by molar-refractivity contribution is -0.111. The fraction of sp³-hybridized carbons (Fsp3) is 0.125. The number of hydrogen-bond donors (Lipinski definition) is 1. The van der Waals surface area contributed by atoms with Crippen molar-refractivity contribution in [1.29, 1.82) is 0 Å². The van der Waals surface area contributed by atoms with E-state index in [1.165, 1.54) is 0 Å². The van der Waals surface area contributed by atoms with E-state index in [4.69, 9.17) is 5.21 Å². The Hall–Kier alpha value is -2.62. The van der Waals surface area contributed by atoms with Crippen LogP contribution in [0.15, 0.2) is 47.6 Å². The Balaban J connectivity index is 2.25. The van der Waals surface area contributed by atoms with Crippen LogP contribution in [0.1, 0.15) is 16.7 Å². The molecule has 0 spiro atoms. The summed E-state index contributed by atoms with van der Waals surface area (Å²) in [6, 6.07) is 13.2. The van der Waals surface area contributed by atoms with E-state index in [0.717, 1.165) is 22.5 Å². The molecule has 1 amide bonds. The molecular formula is C16H14N2O2. The van der Waals surface area contributed by atoms with Crippen molar-refractivity contribution >= 4 is 23.0 Å². The van der Waals surface area contributed by atoms with Crippen LogP contribution in [0.3, 0.4) is 0 Å². The molecule has 0 bridgehead atoms. The maximum Gasteiger partial charge on any atom is 0.285 e. The molecule has 0 saturated heterocycles. The maximum atomic E-state index is 12.5. The number of carbonyl (C=O) groups is 1. The molecule has 1 N–H and O–H groups in total. The Morgan fingerprint density at radius 2 is 1.70 bits per heavy atom. The summed E-state index contributed by atoms with van der Waals surface area (Å²) >= 11 is 0. The Bertz CT molecular complexity index is 735. The Labute approximate surface area is 117 Å². The van der Waals surface area contributed by atoms with Gasteiger partial charge in [-0.05, 0) is 37.1 Å². The third-order valence-corrected chi connectivity index (χ3v) is 3.72. The number of para-hydroxylation sites is 1. The minimum Gasteiger partial charge on any atom is -0.410 e. The summed E-state index contributed by atoms with van der Waals surface area (Å²) in [5.74, 6) is -0.303. The van der Waals surface area contributed by atoms with Gasteiger partial charge in [0.05, 0.1) is 11.4 Å². The summed E-state index contributed by atoms with van der Waals surface area (Å²) < 4.78 is 0. The third kappa shape index (κ3) is 1.61. The average molecular weight is 266 g/mol. The summed E-state index contributed by atoms with van der Waals surface area (Å²) in [7, 11) is 0. The molecule has 100 valence electrons. The smallest absolute Gasteiger partial charge is 0.285 e. The number of fused-ring (bicyclic) bond motifs is 1. The van der Waals surface area contributed by atoms with E-state index < -0.39 is 0 Å². The highest BCUT2D eigenvalue weighted by Gasteiger charge is 2.35. The first kappa shape index (κ1) is 12.4. The number of rotatable bonds is 1. The van der Waals surface area contributed by atoms with Crippen molar-refractivity contribution in [2.75, 3.05) is 4.90 Å². The summed E-state index contributed by atoms with van der Waals surface area (Å²) in [6.07, 6.45) is 0. The van der Waals surface area contributed by atoms with E-state index in [1.807, 2.05) is 50.2 Å². The zero-order valence-corrected chi connectivity index (χ0v) is 11.3. The van der Waals surface area contributed by atoms with Gasteiger partial charge in [-0.3, -0.25) is 9.69 Å². The van der Waals surface area contributed by atoms with Crippen LogP contribution in [0.4, 0.5) is 11.4 Å². The fourth-order valence-electron chi connectivity index (χ4n) is 2.51. The van der Waals surface area contributed by atoms with Crippen LogP contribution in [0.2, 0.25) is 0 Å². The number of hydrogen-bond acceptors (Lipinski definition) is 3. The molecule has 0 radical (unpaired) electrons. The number of amides is 1. The first-order valence-electron chi connectivity index (χ1n) is 6.37. The SMILES string of the molecule is Cc1cccc(N2C(=O)C(=NO)c3ccccc32)c1C. The van der Waals surface area contributed by atoms with Gasteiger partial charge < -0.3 is 5.21 Å². The predicted molar refractivity (Wildman–Crippen MR) is 77.8 cm³/mol. The van der Waals surface area contributed by atoms with Crippen LogP contribution in [0.5, 0.6) is 0 Å². The Kier molecular flexibility index (Phi) is 2.79. The quantitative estimate of drug-likeness (QED) is 0.636. The van der Waals surface area contributed by atoms with Crippen molar-refractivity contribution in [3.8, 4) is 0 Å². The van der Waals surface area contributed by atoms with E-state index >= 15 is 0 Å². The van der Waals surface area contributed by atoms with Crippen LogP contribution >= 0.6 is 0 Å². The molecule has 0 unspecified atom stereocenters. The van der Waals surface area contributed by atoms with E-state index in [1.54, 1.807) is 11.0 Å². The highest BCUT2D eigenvalue weighted by Crippen LogP contribution is 2.37. The number of oxime groups is 1. The zero-order valence-electron chi connectivity index (χ0n) is 11.3. The first-order valence-corrected chi connectivity index (χ1v) is 6.37. The van der Waals surface area contributed by atoms with Crippen molar-refractivity contribution in [2.24, 2.45) is 5.16 Å².